The number of ether oxygens (including phenoxy) is 1. The zero-order valence-corrected chi connectivity index (χ0v) is 10.7. The summed E-state index contributed by atoms with van der Waals surface area (Å²) in [5.74, 6) is 0.629. The second-order valence-corrected chi connectivity index (χ2v) is 5.39. The molecule has 2 fully saturated rings. The maximum Gasteiger partial charge on any atom is 0.122 e. The van der Waals surface area contributed by atoms with E-state index in [0.29, 0.717) is 12.5 Å². The molecule has 1 saturated heterocycles. The van der Waals surface area contributed by atoms with Gasteiger partial charge in [-0.15, -0.1) is 6.58 Å². The summed E-state index contributed by atoms with van der Waals surface area (Å²) >= 11 is 0. The lowest BCUT2D eigenvalue weighted by atomic mass is 9.93. The minimum absolute atomic E-state index is 0.110. The van der Waals surface area contributed by atoms with Gasteiger partial charge >= 0.3 is 0 Å². The first-order chi connectivity index (χ1) is 8.30. The van der Waals surface area contributed by atoms with Crippen LogP contribution in [0.25, 0.3) is 0 Å². The predicted octanol–water partition coefficient (Wildman–Crippen LogP) is 2.21. The fourth-order valence-electron chi connectivity index (χ4n) is 3.26. The minimum atomic E-state index is -0.110. The van der Waals surface area contributed by atoms with E-state index < -0.39 is 0 Å². The number of rotatable bonds is 6. The lowest BCUT2D eigenvalue weighted by Crippen LogP contribution is -2.48. The normalized spacial score (nSPS) is 36.8. The van der Waals surface area contributed by atoms with Crippen LogP contribution >= 0.6 is 0 Å². The summed E-state index contributed by atoms with van der Waals surface area (Å²) in [6.45, 7) is 4.61. The van der Waals surface area contributed by atoms with Gasteiger partial charge in [0.15, 0.2) is 0 Å². The molecule has 17 heavy (non-hydrogen) atoms. The fraction of sp³-hybridized carbons (Fsp3) is 0.857. The Morgan fingerprint density at radius 3 is 3.06 bits per heavy atom. The number of nitrogens with one attached hydrogen (secondary N) is 1. The minimum Gasteiger partial charge on any atom is -0.395 e. The van der Waals surface area contributed by atoms with Gasteiger partial charge in [0.2, 0.25) is 0 Å². The standard InChI is InChI=1S/C14H25NO2/c1-2-3-4-5-7-12-8-6-9-14(12)15-13(10-16)11-17-14/h2,12-13,15-16H,1,3-11H2. The number of unbranched alkanes of at least 4 members (excludes halogenated alkanes) is 2. The van der Waals surface area contributed by atoms with E-state index in [2.05, 4.69) is 11.9 Å². The zero-order chi connectivity index (χ0) is 12.1. The van der Waals surface area contributed by atoms with Crippen LogP contribution in [0.15, 0.2) is 12.7 Å². The van der Waals surface area contributed by atoms with E-state index in [1.807, 2.05) is 6.08 Å². The first kappa shape index (κ1) is 13.1. The Balaban J connectivity index is 1.82. The third kappa shape index (κ3) is 2.90. The highest BCUT2D eigenvalue weighted by Gasteiger charge is 2.48. The number of allylic oxidation sites excluding steroid dienone is 1. The van der Waals surface area contributed by atoms with Gasteiger partial charge in [0.25, 0.3) is 0 Å². The summed E-state index contributed by atoms with van der Waals surface area (Å²) in [5, 5.41) is 12.7. The van der Waals surface area contributed by atoms with Crippen molar-refractivity contribution in [2.24, 2.45) is 5.92 Å². The maximum absolute atomic E-state index is 9.19. The molecule has 1 aliphatic carbocycles. The van der Waals surface area contributed by atoms with Gasteiger partial charge in [-0.1, -0.05) is 12.5 Å². The highest BCUT2D eigenvalue weighted by molar-refractivity contribution is 4.97. The summed E-state index contributed by atoms with van der Waals surface area (Å²) in [4.78, 5) is 0. The van der Waals surface area contributed by atoms with E-state index in [9.17, 15) is 5.11 Å². The van der Waals surface area contributed by atoms with Crippen LogP contribution in [0.4, 0.5) is 0 Å². The molecule has 1 heterocycles. The average molecular weight is 239 g/mol. The van der Waals surface area contributed by atoms with Gasteiger partial charge in [0, 0.05) is 5.92 Å². The van der Waals surface area contributed by atoms with Crippen LogP contribution in [0.1, 0.15) is 44.9 Å². The fourth-order valence-corrected chi connectivity index (χ4v) is 3.26. The Morgan fingerprint density at radius 1 is 1.47 bits per heavy atom. The molecule has 3 atom stereocenters. The highest BCUT2D eigenvalue weighted by Crippen LogP contribution is 2.42. The van der Waals surface area contributed by atoms with Gasteiger partial charge in [0.05, 0.1) is 19.3 Å². The van der Waals surface area contributed by atoms with Crippen molar-refractivity contribution in [3.05, 3.63) is 12.7 Å². The largest absolute Gasteiger partial charge is 0.395 e. The quantitative estimate of drug-likeness (QED) is 0.551. The second-order valence-electron chi connectivity index (χ2n) is 5.39. The van der Waals surface area contributed by atoms with Crippen LogP contribution < -0.4 is 5.32 Å². The third-order valence-corrected chi connectivity index (χ3v) is 4.18. The highest BCUT2D eigenvalue weighted by atomic mass is 16.5. The molecule has 0 radical (unpaired) electrons. The molecule has 0 amide bonds. The zero-order valence-electron chi connectivity index (χ0n) is 10.7. The smallest absolute Gasteiger partial charge is 0.122 e. The second kappa shape index (κ2) is 5.98. The number of hydrogen-bond donors (Lipinski definition) is 2. The molecule has 3 nitrogen and oxygen atoms in total. The molecule has 3 heteroatoms. The van der Waals surface area contributed by atoms with Crippen LogP contribution in [0, 0.1) is 5.92 Å². The molecule has 1 saturated carbocycles. The summed E-state index contributed by atoms with van der Waals surface area (Å²) in [7, 11) is 0. The first-order valence-electron chi connectivity index (χ1n) is 6.94. The monoisotopic (exact) mass is 239 g/mol. The number of hydrogen-bond acceptors (Lipinski definition) is 3. The van der Waals surface area contributed by atoms with Crippen molar-refractivity contribution in [2.75, 3.05) is 13.2 Å². The van der Waals surface area contributed by atoms with Crippen molar-refractivity contribution < 1.29 is 9.84 Å². The lowest BCUT2D eigenvalue weighted by molar-refractivity contribution is -0.0437. The van der Waals surface area contributed by atoms with Crippen molar-refractivity contribution in [1.29, 1.82) is 0 Å². The molecule has 2 rings (SSSR count). The number of aliphatic hydroxyl groups excluding tert-OH is 1. The Hall–Kier alpha value is -0.380. The molecule has 2 N–H and O–H groups in total. The Labute approximate surface area is 104 Å². The van der Waals surface area contributed by atoms with Gasteiger partial charge in [0.1, 0.15) is 5.72 Å². The van der Waals surface area contributed by atoms with Crippen LogP contribution in [0.2, 0.25) is 0 Å². The van der Waals surface area contributed by atoms with Gasteiger partial charge < -0.3 is 9.84 Å². The van der Waals surface area contributed by atoms with Crippen molar-refractivity contribution in [3.63, 3.8) is 0 Å². The van der Waals surface area contributed by atoms with Gasteiger partial charge in [-0.25, -0.2) is 0 Å². The molecule has 3 unspecified atom stereocenters. The van der Waals surface area contributed by atoms with E-state index in [4.69, 9.17) is 4.74 Å². The Morgan fingerprint density at radius 2 is 2.35 bits per heavy atom. The summed E-state index contributed by atoms with van der Waals surface area (Å²) in [5.41, 5.74) is -0.110. The Kier molecular flexibility index (Phi) is 4.60. The SMILES string of the molecule is C=CCCCCC1CCCC12NC(CO)CO2. The van der Waals surface area contributed by atoms with E-state index in [0.717, 1.165) is 12.8 Å². The summed E-state index contributed by atoms with van der Waals surface area (Å²) < 4.78 is 5.98. The van der Waals surface area contributed by atoms with Crippen LogP contribution in [-0.2, 0) is 4.74 Å². The molecule has 1 aliphatic heterocycles. The van der Waals surface area contributed by atoms with Gasteiger partial charge in [-0.05, 0) is 38.5 Å². The molecule has 1 spiro atoms. The summed E-state index contributed by atoms with van der Waals surface area (Å²) in [6.07, 6.45) is 10.5. The topological polar surface area (TPSA) is 41.5 Å². The van der Waals surface area contributed by atoms with Crippen LogP contribution in [0.3, 0.4) is 0 Å². The lowest BCUT2D eigenvalue weighted by Gasteiger charge is -2.31. The van der Waals surface area contributed by atoms with Crippen molar-refractivity contribution in [1.82, 2.24) is 5.32 Å². The average Bonchev–Trinajstić information content (AvgIpc) is 2.94. The predicted molar refractivity (Wildman–Crippen MR) is 68.7 cm³/mol. The number of aliphatic hydroxyl groups is 1. The van der Waals surface area contributed by atoms with E-state index in [-0.39, 0.29) is 18.4 Å². The van der Waals surface area contributed by atoms with Crippen molar-refractivity contribution in [2.45, 2.75) is 56.7 Å². The summed E-state index contributed by atoms with van der Waals surface area (Å²) in [6, 6.07) is 0.142. The van der Waals surface area contributed by atoms with E-state index in [1.54, 1.807) is 0 Å². The van der Waals surface area contributed by atoms with Crippen LogP contribution in [-0.4, -0.2) is 30.1 Å². The third-order valence-electron chi connectivity index (χ3n) is 4.18. The van der Waals surface area contributed by atoms with Crippen LogP contribution in [0.5, 0.6) is 0 Å². The molecule has 0 aromatic rings. The van der Waals surface area contributed by atoms with Gasteiger partial charge in [-0.2, -0.15) is 0 Å². The molecule has 98 valence electrons. The molecule has 0 bridgehead atoms. The maximum atomic E-state index is 9.19. The van der Waals surface area contributed by atoms with Gasteiger partial charge in [-0.3, -0.25) is 5.32 Å². The molecular formula is C14H25NO2. The Bertz CT molecular complexity index is 257. The van der Waals surface area contributed by atoms with Crippen molar-refractivity contribution >= 4 is 0 Å². The first-order valence-corrected chi connectivity index (χ1v) is 6.94. The van der Waals surface area contributed by atoms with E-state index >= 15 is 0 Å². The molecular weight excluding hydrogens is 214 g/mol. The molecule has 0 aromatic heterocycles. The van der Waals surface area contributed by atoms with E-state index in [1.165, 1.54) is 32.1 Å². The van der Waals surface area contributed by atoms with Crippen molar-refractivity contribution in [3.8, 4) is 0 Å². The molecule has 0 aromatic carbocycles. The molecule has 2 aliphatic rings.